The summed E-state index contributed by atoms with van der Waals surface area (Å²) in [5.74, 6) is -0.0502. The second-order valence-corrected chi connectivity index (χ2v) is 16.0. The molecule has 11 heteroatoms. The first-order valence-electron chi connectivity index (χ1n) is 13.1. The second-order valence-electron chi connectivity index (χ2n) is 12.7. The van der Waals surface area contributed by atoms with E-state index in [1.54, 1.807) is 0 Å². The molecule has 0 bridgehead atoms. The van der Waals surface area contributed by atoms with Crippen molar-refractivity contribution in [2.75, 3.05) is 32.3 Å². The minimum absolute atomic E-state index is 0.0902. The van der Waals surface area contributed by atoms with Crippen LogP contribution in [0.25, 0.3) is 0 Å². The molecule has 7 atom stereocenters. The van der Waals surface area contributed by atoms with Crippen LogP contribution in [0.15, 0.2) is 0 Å². The van der Waals surface area contributed by atoms with Gasteiger partial charge in [-0.05, 0) is 64.2 Å². The molecule has 0 aromatic rings. The summed E-state index contributed by atoms with van der Waals surface area (Å²) in [6, 6.07) is 0. The highest BCUT2D eigenvalue weighted by molar-refractivity contribution is 7.86. The van der Waals surface area contributed by atoms with E-state index in [0.29, 0.717) is 18.9 Å². The van der Waals surface area contributed by atoms with E-state index in [-0.39, 0.29) is 42.5 Å². The molecule has 0 aromatic carbocycles. The van der Waals surface area contributed by atoms with E-state index in [2.05, 4.69) is 20.8 Å². The van der Waals surface area contributed by atoms with Crippen molar-refractivity contribution in [3.05, 3.63) is 0 Å². The predicted molar refractivity (Wildman–Crippen MR) is 134 cm³/mol. The van der Waals surface area contributed by atoms with Crippen LogP contribution in [0, 0.1) is 22.7 Å². The molecule has 0 amide bonds. The van der Waals surface area contributed by atoms with E-state index in [9.17, 15) is 16.8 Å². The van der Waals surface area contributed by atoms with Crippen LogP contribution in [0.2, 0.25) is 0 Å². The van der Waals surface area contributed by atoms with Crippen LogP contribution >= 0.6 is 0 Å². The van der Waals surface area contributed by atoms with Crippen molar-refractivity contribution in [1.29, 1.82) is 0 Å². The maximum absolute atomic E-state index is 11.9. The first-order chi connectivity index (χ1) is 16.4. The molecule has 4 fully saturated rings. The van der Waals surface area contributed by atoms with Crippen molar-refractivity contribution >= 4 is 20.2 Å². The molecule has 2 heterocycles. The van der Waals surface area contributed by atoms with Crippen LogP contribution in [0.3, 0.4) is 0 Å². The number of hydrogen-bond donors (Lipinski definition) is 0. The monoisotopic (exact) mass is 552 g/mol. The van der Waals surface area contributed by atoms with Crippen molar-refractivity contribution in [1.82, 2.24) is 0 Å². The summed E-state index contributed by atoms with van der Waals surface area (Å²) < 4.78 is 77.1. The van der Waals surface area contributed by atoms with E-state index in [1.165, 1.54) is 0 Å². The lowest BCUT2D eigenvalue weighted by atomic mass is 9.43. The Balaban J connectivity index is 1.66. The van der Waals surface area contributed by atoms with E-state index in [0.717, 1.165) is 44.6 Å². The van der Waals surface area contributed by atoms with Gasteiger partial charge in [-0.3, -0.25) is 8.37 Å². The van der Waals surface area contributed by atoms with Crippen molar-refractivity contribution in [3.63, 3.8) is 0 Å². The van der Waals surface area contributed by atoms with Crippen LogP contribution in [0.1, 0.15) is 79.6 Å². The zero-order valence-corrected chi connectivity index (χ0v) is 24.4. The first-order valence-corrected chi connectivity index (χ1v) is 16.7. The van der Waals surface area contributed by atoms with Gasteiger partial charge in [0.05, 0.1) is 49.6 Å². The fraction of sp³-hybridized carbons (Fsp3) is 1.00. The number of ether oxygens (including phenoxy) is 3. The molecule has 0 N–H and O–H groups in total. The Morgan fingerprint density at radius 2 is 1.56 bits per heavy atom. The van der Waals surface area contributed by atoms with Gasteiger partial charge in [0, 0.05) is 17.3 Å². The van der Waals surface area contributed by atoms with Gasteiger partial charge >= 0.3 is 0 Å². The summed E-state index contributed by atoms with van der Waals surface area (Å²) in [6.45, 7) is 11.2. The molecule has 0 radical (unpaired) electrons. The number of hydrogen-bond acceptors (Lipinski definition) is 9. The van der Waals surface area contributed by atoms with Crippen LogP contribution in [-0.4, -0.2) is 72.3 Å². The third-order valence-electron chi connectivity index (χ3n) is 9.78. The lowest BCUT2D eigenvalue weighted by molar-refractivity contribution is -0.359. The molecule has 2 saturated heterocycles. The molecular formula is C25H44O9S2. The molecule has 36 heavy (non-hydrogen) atoms. The molecule has 210 valence electrons. The third-order valence-corrected chi connectivity index (χ3v) is 10.9. The maximum Gasteiger partial charge on any atom is 0.264 e. The second kappa shape index (κ2) is 9.13. The Morgan fingerprint density at radius 1 is 0.889 bits per heavy atom. The standard InChI is InChI=1S/C25H44O9S2/c1-18-8-9-19-22(4)16-30-21(2,3)33-20(22)10-11-23(19,5)25(18)13-12-24(34-25,17-32-36(7,28)29)14-15-31-35(6,26)27/h18-20H,8-17H2,1-7H3/t18-,19-,20-,22+,23+,24+,25-/m1/s1. The minimum Gasteiger partial charge on any atom is -0.365 e. The van der Waals surface area contributed by atoms with Gasteiger partial charge in [-0.2, -0.15) is 16.8 Å². The Bertz CT molecular complexity index is 1060. The molecular weight excluding hydrogens is 508 g/mol. The lowest BCUT2D eigenvalue weighted by Gasteiger charge is -2.67. The van der Waals surface area contributed by atoms with Crippen LogP contribution < -0.4 is 0 Å². The third kappa shape index (κ3) is 5.14. The van der Waals surface area contributed by atoms with Gasteiger partial charge in [0.25, 0.3) is 20.2 Å². The summed E-state index contributed by atoms with van der Waals surface area (Å²) in [5.41, 5.74) is -1.80. The first kappa shape index (κ1) is 28.7. The van der Waals surface area contributed by atoms with Gasteiger partial charge in [0.15, 0.2) is 5.79 Å². The summed E-state index contributed by atoms with van der Waals surface area (Å²) in [7, 11) is -7.34. The highest BCUT2D eigenvalue weighted by Gasteiger charge is 2.70. The molecule has 2 aliphatic heterocycles. The zero-order chi connectivity index (χ0) is 26.8. The topological polar surface area (TPSA) is 114 Å². The van der Waals surface area contributed by atoms with Gasteiger partial charge in [-0.1, -0.05) is 20.8 Å². The maximum atomic E-state index is 11.9. The Hall–Kier alpha value is -0.300. The SMILES string of the molecule is C[C@@H]1CC[C@@H]2[C@]3(C)COC(C)(C)O[C@@H]3CC[C@]2(C)[C@@]12CC[C@](CCOS(C)(=O)=O)(COS(C)(=O)=O)O2. The molecule has 2 saturated carbocycles. The van der Waals surface area contributed by atoms with E-state index in [1.807, 2.05) is 13.8 Å². The molecule has 2 aliphatic carbocycles. The molecule has 4 aliphatic rings. The number of fused-ring (bicyclic) bond motifs is 4. The summed E-state index contributed by atoms with van der Waals surface area (Å²) in [4.78, 5) is 0. The average molecular weight is 553 g/mol. The Labute approximate surface area is 217 Å². The summed E-state index contributed by atoms with van der Waals surface area (Å²) >= 11 is 0. The molecule has 1 spiro atoms. The van der Waals surface area contributed by atoms with Crippen molar-refractivity contribution in [2.45, 2.75) is 103 Å². The van der Waals surface area contributed by atoms with E-state index in [4.69, 9.17) is 22.6 Å². The Kier molecular flexibility index (Phi) is 7.28. The van der Waals surface area contributed by atoms with Crippen LogP contribution in [0.5, 0.6) is 0 Å². The molecule has 0 unspecified atom stereocenters. The van der Waals surface area contributed by atoms with Crippen molar-refractivity contribution in [2.24, 2.45) is 22.7 Å². The van der Waals surface area contributed by atoms with Gasteiger partial charge in [-0.15, -0.1) is 0 Å². The van der Waals surface area contributed by atoms with Crippen LogP contribution in [0.4, 0.5) is 0 Å². The minimum atomic E-state index is -3.71. The number of rotatable bonds is 7. The average Bonchev–Trinajstić information content (AvgIpc) is 3.12. The van der Waals surface area contributed by atoms with Gasteiger partial charge in [-0.25, -0.2) is 0 Å². The molecule has 4 rings (SSSR count). The molecule has 0 aromatic heterocycles. The zero-order valence-electron chi connectivity index (χ0n) is 22.8. The normalized spacial score (nSPS) is 44.8. The van der Waals surface area contributed by atoms with Crippen molar-refractivity contribution < 1.29 is 39.4 Å². The largest absolute Gasteiger partial charge is 0.365 e. The quantitative estimate of drug-likeness (QED) is 0.437. The van der Waals surface area contributed by atoms with Gasteiger partial charge < -0.3 is 14.2 Å². The molecule has 9 nitrogen and oxygen atoms in total. The fourth-order valence-corrected chi connectivity index (χ4v) is 8.76. The highest BCUT2D eigenvalue weighted by atomic mass is 32.2. The Morgan fingerprint density at radius 3 is 2.19 bits per heavy atom. The lowest BCUT2D eigenvalue weighted by Crippen LogP contribution is -2.69. The van der Waals surface area contributed by atoms with Gasteiger partial charge in [0.2, 0.25) is 0 Å². The predicted octanol–water partition coefficient (Wildman–Crippen LogP) is 3.62. The highest BCUT2D eigenvalue weighted by Crippen LogP contribution is 2.69. The van der Waals surface area contributed by atoms with Crippen LogP contribution in [-0.2, 0) is 42.8 Å². The van der Waals surface area contributed by atoms with E-state index >= 15 is 0 Å². The fourth-order valence-electron chi connectivity index (χ4n) is 7.94. The van der Waals surface area contributed by atoms with Gasteiger partial charge in [0.1, 0.15) is 0 Å². The smallest absolute Gasteiger partial charge is 0.264 e. The van der Waals surface area contributed by atoms with E-state index < -0.39 is 37.2 Å². The van der Waals surface area contributed by atoms with Crippen molar-refractivity contribution in [3.8, 4) is 0 Å². The summed E-state index contributed by atoms with van der Waals surface area (Å²) in [5, 5.41) is 0. The summed E-state index contributed by atoms with van der Waals surface area (Å²) in [6.07, 6.45) is 7.54.